The molecular formula is C9H9Cl2N5. The van der Waals surface area contributed by atoms with Crippen LogP contribution in [0.4, 0.5) is 0 Å². The van der Waals surface area contributed by atoms with Crippen molar-refractivity contribution in [2.24, 2.45) is 5.84 Å². The molecule has 0 amide bonds. The number of benzene rings is 1. The molecule has 0 aliphatic carbocycles. The lowest BCUT2D eigenvalue weighted by atomic mass is 10.1. The predicted molar refractivity (Wildman–Crippen MR) is 62.0 cm³/mol. The number of rotatable bonds is 3. The van der Waals surface area contributed by atoms with Crippen molar-refractivity contribution in [3.05, 3.63) is 46.0 Å². The first-order valence-corrected chi connectivity index (χ1v) is 5.25. The van der Waals surface area contributed by atoms with Crippen molar-refractivity contribution in [2.45, 2.75) is 6.04 Å². The van der Waals surface area contributed by atoms with Gasteiger partial charge in [0.15, 0.2) is 0 Å². The Hall–Kier alpha value is -1.14. The van der Waals surface area contributed by atoms with E-state index < -0.39 is 0 Å². The van der Waals surface area contributed by atoms with Crippen LogP contribution in [-0.4, -0.2) is 15.2 Å². The third-order valence-corrected chi connectivity index (χ3v) is 3.00. The molecule has 0 spiro atoms. The molecule has 0 fully saturated rings. The Morgan fingerprint density at radius 3 is 2.81 bits per heavy atom. The number of nitrogens with one attached hydrogen (secondary N) is 2. The van der Waals surface area contributed by atoms with Gasteiger partial charge in [-0.15, -0.1) is 0 Å². The zero-order chi connectivity index (χ0) is 11.5. The second kappa shape index (κ2) is 4.80. The van der Waals surface area contributed by atoms with Gasteiger partial charge in [0, 0.05) is 0 Å². The van der Waals surface area contributed by atoms with Gasteiger partial charge in [0.05, 0.1) is 10.0 Å². The summed E-state index contributed by atoms with van der Waals surface area (Å²) < 4.78 is 0. The highest BCUT2D eigenvalue weighted by Gasteiger charge is 2.19. The average molecular weight is 258 g/mol. The summed E-state index contributed by atoms with van der Waals surface area (Å²) in [6.45, 7) is 0. The lowest BCUT2D eigenvalue weighted by Crippen LogP contribution is -2.30. The molecule has 1 atom stereocenters. The minimum Gasteiger partial charge on any atom is -0.270 e. The van der Waals surface area contributed by atoms with Gasteiger partial charge in [0.25, 0.3) is 0 Å². The summed E-state index contributed by atoms with van der Waals surface area (Å²) in [5.74, 6) is 6.05. The SMILES string of the molecule is NNC(c1ncn[nH]1)c1cccc(Cl)c1Cl. The summed E-state index contributed by atoms with van der Waals surface area (Å²) in [4.78, 5) is 4.02. The van der Waals surface area contributed by atoms with E-state index in [-0.39, 0.29) is 6.04 Å². The quantitative estimate of drug-likeness (QED) is 0.577. The molecule has 0 saturated heterocycles. The number of hydrazine groups is 1. The Morgan fingerprint density at radius 2 is 2.19 bits per heavy atom. The molecule has 0 aliphatic rings. The fraction of sp³-hybridized carbons (Fsp3) is 0.111. The molecule has 2 rings (SSSR count). The molecule has 1 aromatic carbocycles. The maximum atomic E-state index is 6.09. The van der Waals surface area contributed by atoms with Crippen molar-refractivity contribution in [2.75, 3.05) is 0 Å². The number of H-pyrrole nitrogens is 1. The third kappa shape index (κ3) is 2.03. The van der Waals surface area contributed by atoms with Gasteiger partial charge in [-0.25, -0.2) is 10.4 Å². The first-order chi connectivity index (χ1) is 7.74. The lowest BCUT2D eigenvalue weighted by Gasteiger charge is -2.15. The molecule has 0 radical (unpaired) electrons. The maximum absolute atomic E-state index is 6.09. The number of nitrogens with zero attached hydrogens (tertiary/aromatic N) is 2. The molecule has 4 N–H and O–H groups in total. The van der Waals surface area contributed by atoms with E-state index >= 15 is 0 Å². The summed E-state index contributed by atoms with van der Waals surface area (Å²) in [7, 11) is 0. The first kappa shape index (κ1) is 11.3. The van der Waals surface area contributed by atoms with E-state index in [1.54, 1.807) is 12.1 Å². The molecule has 84 valence electrons. The molecule has 0 saturated carbocycles. The normalized spacial score (nSPS) is 12.7. The van der Waals surface area contributed by atoms with Gasteiger partial charge in [-0.3, -0.25) is 10.9 Å². The predicted octanol–water partition coefficient (Wildman–Crippen LogP) is 1.66. The zero-order valence-electron chi connectivity index (χ0n) is 8.11. The average Bonchev–Trinajstić information content (AvgIpc) is 2.79. The van der Waals surface area contributed by atoms with Gasteiger partial charge in [-0.1, -0.05) is 35.3 Å². The van der Waals surface area contributed by atoms with Crippen LogP contribution in [0, 0.1) is 0 Å². The Balaban J connectivity index is 2.45. The van der Waals surface area contributed by atoms with Crippen molar-refractivity contribution in [3.8, 4) is 0 Å². The molecule has 5 nitrogen and oxygen atoms in total. The second-order valence-electron chi connectivity index (χ2n) is 3.11. The van der Waals surface area contributed by atoms with Gasteiger partial charge < -0.3 is 0 Å². The number of nitrogens with two attached hydrogens (primary N) is 1. The van der Waals surface area contributed by atoms with Crippen LogP contribution in [0.1, 0.15) is 17.4 Å². The van der Waals surface area contributed by atoms with Crippen LogP contribution in [0.5, 0.6) is 0 Å². The standard InChI is InChI=1S/C9H9Cl2N5/c10-6-3-1-2-5(7(6)11)8(15-12)9-13-4-14-16-9/h1-4,8,15H,12H2,(H,13,14,16). The summed E-state index contributed by atoms with van der Waals surface area (Å²) in [6, 6.07) is 4.96. The van der Waals surface area contributed by atoms with Gasteiger partial charge in [-0.2, -0.15) is 5.10 Å². The Kier molecular flexibility index (Phi) is 3.40. The van der Waals surface area contributed by atoms with E-state index in [9.17, 15) is 0 Å². The fourth-order valence-corrected chi connectivity index (χ4v) is 1.83. The van der Waals surface area contributed by atoms with E-state index in [1.165, 1.54) is 6.33 Å². The van der Waals surface area contributed by atoms with E-state index in [0.717, 1.165) is 5.56 Å². The summed E-state index contributed by atoms with van der Waals surface area (Å²) in [5.41, 5.74) is 3.36. The van der Waals surface area contributed by atoms with Crippen molar-refractivity contribution in [1.29, 1.82) is 0 Å². The van der Waals surface area contributed by atoms with Gasteiger partial charge in [0.2, 0.25) is 0 Å². The molecule has 16 heavy (non-hydrogen) atoms. The largest absolute Gasteiger partial charge is 0.270 e. The number of halogens is 2. The maximum Gasteiger partial charge on any atom is 0.147 e. The minimum absolute atomic E-state index is 0.367. The van der Waals surface area contributed by atoms with Crippen molar-refractivity contribution in [1.82, 2.24) is 20.6 Å². The van der Waals surface area contributed by atoms with Crippen molar-refractivity contribution in [3.63, 3.8) is 0 Å². The fourth-order valence-electron chi connectivity index (χ4n) is 1.41. The van der Waals surface area contributed by atoms with E-state index in [2.05, 4.69) is 20.6 Å². The number of hydrogen-bond acceptors (Lipinski definition) is 4. The highest BCUT2D eigenvalue weighted by Crippen LogP contribution is 2.31. The molecule has 2 aromatic rings. The molecule has 1 heterocycles. The topological polar surface area (TPSA) is 79.6 Å². The molecule has 0 aliphatic heterocycles. The molecule has 7 heteroatoms. The monoisotopic (exact) mass is 257 g/mol. The van der Waals surface area contributed by atoms with Crippen LogP contribution < -0.4 is 11.3 Å². The van der Waals surface area contributed by atoms with E-state index in [1.807, 2.05) is 6.07 Å². The summed E-state index contributed by atoms with van der Waals surface area (Å²) >= 11 is 12.0. The van der Waals surface area contributed by atoms with E-state index in [0.29, 0.717) is 15.9 Å². The number of hydrogen-bond donors (Lipinski definition) is 3. The van der Waals surface area contributed by atoms with Crippen LogP contribution in [-0.2, 0) is 0 Å². The molecular weight excluding hydrogens is 249 g/mol. The summed E-state index contributed by atoms with van der Waals surface area (Å²) in [6.07, 6.45) is 1.40. The molecule has 1 unspecified atom stereocenters. The van der Waals surface area contributed by atoms with Crippen LogP contribution in [0.25, 0.3) is 0 Å². The highest BCUT2D eigenvalue weighted by atomic mass is 35.5. The molecule has 0 bridgehead atoms. The lowest BCUT2D eigenvalue weighted by molar-refractivity contribution is 0.604. The van der Waals surface area contributed by atoms with Crippen LogP contribution in [0.3, 0.4) is 0 Å². The van der Waals surface area contributed by atoms with Crippen LogP contribution in [0.15, 0.2) is 24.5 Å². The number of aromatic amines is 1. The highest BCUT2D eigenvalue weighted by molar-refractivity contribution is 6.42. The molecule has 1 aromatic heterocycles. The van der Waals surface area contributed by atoms with Gasteiger partial charge >= 0.3 is 0 Å². The minimum atomic E-state index is -0.367. The third-order valence-electron chi connectivity index (χ3n) is 2.17. The van der Waals surface area contributed by atoms with Crippen molar-refractivity contribution >= 4 is 23.2 Å². The Labute approximate surface area is 102 Å². The Bertz CT molecular complexity index is 471. The van der Waals surface area contributed by atoms with Crippen LogP contribution in [0.2, 0.25) is 10.0 Å². The Morgan fingerprint density at radius 1 is 1.38 bits per heavy atom. The van der Waals surface area contributed by atoms with Crippen LogP contribution >= 0.6 is 23.2 Å². The number of aromatic nitrogens is 3. The van der Waals surface area contributed by atoms with Gasteiger partial charge in [-0.05, 0) is 11.6 Å². The zero-order valence-corrected chi connectivity index (χ0v) is 9.63. The van der Waals surface area contributed by atoms with E-state index in [4.69, 9.17) is 29.0 Å². The van der Waals surface area contributed by atoms with Crippen molar-refractivity contribution < 1.29 is 0 Å². The van der Waals surface area contributed by atoms with Gasteiger partial charge in [0.1, 0.15) is 18.2 Å². The summed E-state index contributed by atoms with van der Waals surface area (Å²) in [5, 5.41) is 7.41. The first-order valence-electron chi connectivity index (χ1n) is 4.49. The smallest absolute Gasteiger partial charge is 0.147 e. The second-order valence-corrected chi connectivity index (χ2v) is 3.90.